The lowest BCUT2D eigenvalue weighted by atomic mass is 10.1. The first-order chi connectivity index (χ1) is 8.35. The van der Waals surface area contributed by atoms with E-state index in [-0.39, 0.29) is 6.04 Å². The van der Waals surface area contributed by atoms with E-state index in [2.05, 4.69) is 24.4 Å². The summed E-state index contributed by atoms with van der Waals surface area (Å²) in [4.78, 5) is 1.25. The fourth-order valence-corrected chi connectivity index (χ4v) is 2.85. The molecule has 0 spiro atoms. The Morgan fingerprint density at radius 2 is 2.47 bits per heavy atom. The lowest BCUT2D eigenvalue weighted by molar-refractivity contribution is 0.169. The second-order valence-corrected chi connectivity index (χ2v) is 4.92. The number of methoxy groups -OCH3 is 1. The van der Waals surface area contributed by atoms with Crippen LogP contribution in [-0.2, 0) is 4.74 Å². The molecule has 1 aromatic rings. The predicted molar refractivity (Wildman–Crippen MR) is 70.6 cm³/mol. The molecule has 3 nitrogen and oxygen atoms in total. The second kappa shape index (κ2) is 6.07. The van der Waals surface area contributed by atoms with Crippen LogP contribution in [0.4, 0.5) is 0 Å². The maximum atomic E-state index is 5.75. The Labute approximate surface area is 106 Å². The first-order valence-corrected chi connectivity index (χ1v) is 6.91. The van der Waals surface area contributed by atoms with Crippen molar-refractivity contribution in [1.82, 2.24) is 5.32 Å². The molecule has 4 heteroatoms. The average molecular weight is 253 g/mol. The number of hydrogen-bond acceptors (Lipinski definition) is 4. The van der Waals surface area contributed by atoms with Gasteiger partial charge in [0.25, 0.3) is 0 Å². The summed E-state index contributed by atoms with van der Waals surface area (Å²) in [6.07, 6.45) is 4.43. The summed E-state index contributed by atoms with van der Waals surface area (Å²) in [6.45, 7) is 3.86. The van der Waals surface area contributed by atoms with E-state index < -0.39 is 0 Å². The van der Waals surface area contributed by atoms with Crippen LogP contribution in [0.3, 0.4) is 0 Å². The van der Waals surface area contributed by atoms with E-state index in [0.29, 0.717) is 0 Å². The topological polar surface area (TPSA) is 30.5 Å². The van der Waals surface area contributed by atoms with Crippen LogP contribution >= 0.6 is 11.3 Å². The Bertz CT molecular complexity index is 387. The Balaban J connectivity index is 2.18. The molecule has 0 saturated carbocycles. The quantitative estimate of drug-likeness (QED) is 0.874. The van der Waals surface area contributed by atoms with Gasteiger partial charge in [0.15, 0.2) is 0 Å². The van der Waals surface area contributed by atoms with Crippen LogP contribution in [0, 0.1) is 0 Å². The molecule has 0 amide bonds. The monoisotopic (exact) mass is 253 g/mol. The summed E-state index contributed by atoms with van der Waals surface area (Å²) in [7, 11) is 1.70. The lowest BCUT2D eigenvalue weighted by Crippen LogP contribution is -2.24. The first kappa shape index (κ1) is 12.5. The van der Waals surface area contributed by atoms with Crippen molar-refractivity contribution in [3.05, 3.63) is 28.2 Å². The maximum absolute atomic E-state index is 5.75. The highest BCUT2D eigenvalue weighted by Gasteiger charge is 2.20. The van der Waals surface area contributed by atoms with Gasteiger partial charge in [-0.3, -0.25) is 0 Å². The van der Waals surface area contributed by atoms with Gasteiger partial charge in [-0.2, -0.15) is 0 Å². The Morgan fingerprint density at radius 1 is 1.59 bits per heavy atom. The maximum Gasteiger partial charge on any atom is 0.129 e. The normalized spacial score (nSPS) is 17.2. The Kier molecular flexibility index (Phi) is 4.45. The minimum Gasteiger partial charge on any atom is -0.496 e. The van der Waals surface area contributed by atoms with Gasteiger partial charge in [-0.25, -0.2) is 0 Å². The number of nitrogens with one attached hydrogen (secondary N) is 1. The van der Waals surface area contributed by atoms with Crippen LogP contribution in [0.1, 0.15) is 30.7 Å². The summed E-state index contributed by atoms with van der Waals surface area (Å²) < 4.78 is 11.0. The van der Waals surface area contributed by atoms with Gasteiger partial charge in [0.1, 0.15) is 11.5 Å². The zero-order valence-electron chi connectivity index (χ0n) is 10.4. The van der Waals surface area contributed by atoms with E-state index in [0.717, 1.165) is 37.5 Å². The van der Waals surface area contributed by atoms with E-state index in [1.165, 1.54) is 4.88 Å². The molecule has 1 atom stereocenters. The first-order valence-electron chi connectivity index (χ1n) is 6.03. The predicted octanol–water partition coefficient (Wildman–Crippen LogP) is 3.10. The summed E-state index contributed by atoms with van der Waals surface area (Å²) >= 11 is 1.71. The van der Waals surface area contributed by atoms with E-state index >= 15 is 0 Å². The van der Waals surface area contributed by atoms with Crippen LogP contribution < -0.4 is 10.1 Å². The fraction of sp³-hybridized carbons (Fsp3) is 0.538. The van der Waals surface area contributed by atoms with Gasteiger partial charge in [0, 0.05) is 10.3 Å². The number of rotatable bonds is 5. The molecular weight excluding hydrogens is 234 g/mol. The van der Waals surface area contributed by atoms with Crippen molar-refractivity contribution < 1.29 is 9.47 Å². The molecule has 0 radical (unpaired) electrons. The van der Waals surface area contributed by atoms with Crippen molar-refractivity contribution in [1.29, 1.82) is 0 Å². The molecule has 0 saturated heterocycles. The second-order valence-electron chi connectivity index (χ2n) is 3.98. The molecule has 17 heavy (non-hydrogen) atoms. The van der Waals surface area contributed by atoms with Crippen LogP contribution in [0.25, 0.3) is 0 Å². The van der Waals surface area contributed by atoms with Crippen LogP contribution in [0.2, 0.25) is 0 Å². The summed E-state index contributed by atoms with van der Waals surface area (Å²) in [5.41, 5.74) is 0. The number of allylic oxidation sites excluding steroid dienone is 1. The fourth-order valence-electron chi connectivity index (χ4n) is 1.92. The highest BCUT2D eigenvalue weighted by Crippen LogP contribution is 2.32. The van der Waals surface area contributed by atoms with E-state index in [1.807, 2.05) is 5.38 Å². The standard InChI is InChI=1S/C13H19NO2S/c1-3-14-13(11-6-4-5-7-16-11)12-8-10(15-2)9-17-12/h6,8-9,13-14H,3-5,7H2,1-2H3. The molecule has 0 bridgehead atoms. The van der Waals surface area contributed by atoms with E-state index in [1.54, 1.807) is 18.4 Å². The largest absolute Gasteiger partial charge is 0.496 e. The summed E-state index contributed by atoms with van der Waals surface area (Å²) in [5, 5.41) is 5.50. The third-order valence-corrected chi connectivity index (χ3v) is 3.75. The highest BCUT2D eigenvalue weighted by molar-refractivity contribution is 7.10. The molecule has 0 fully saturated rings. The van der Waals surface area contributed by atoms with Crippen LogP contribution in [0.5, 0.6) is 5.75 Å². The van der Waals surface area contributed by atoms with Crippen molar-refractivity contribution >= 4 is 11.3 Å². The molecule has 0 aromatic carbocycles. The molecule has 1 N–H and O–H groups in total. The summed E-state index contributed by atoms with van der Waals surface area (Å²) in [5.74, 6) is 1.98. The number of ether oxygens (including phenoxy) is 2. The van der Waals surface area contributed by atoms with Crippen molar-refractivity contribution in [3.8, 4) is 5.75 Å². The smallest absolute Gasteiger partial charge is 0.129 e. The van der Waals surface area contributed by atoms with Crippen molar-refractivity contribution in [2.45, 2.75) is 25.8 Å². The molecular formula is C13H19NO2S. The van der Waals surface area contributed by atoms with Crippen LogP contribution in [0.15, 0.2) is 23.3 Å². The number of thiophene rings is 1. The molecule has 2 rings (SSSR count). The Hall–Kier alpha value is -1.00. The molecule has 1 aliphatic heterocycles. The number of hydrogen-bond donors (Lipinski definition) is 1. The van der Waals surface area contributed by atoms with Gasteiger partial charge in [-0.05, 0) is 31.5 Å². The highest BCUT2D eigenvalue weighted by atomic mass is 32.1. The van der Waals surface area contributed by atoms with E-state index in [9.17, 15) is 0 Å². The zero-order valence-corrected chi connectivity index (χ0v) is 11.2. The third kappa shape index (κ3) is 3.01. The van der Waals surface area contributed by atoms with Gasteiger partial charge < -0.3 is 14.8 Å². The van der Waals surface area contributed by atoms with Gasteiger partial charge in [0.2, 0.25) is 0 Å². The molecule has 1 aliphatic rings. The van der Waals surface area contributed by atoms with Gasteiger partial charge in [-0.1, -0.05) is 6.92 Å². The Morgan fingerprint density at radius 3 is 3.06 bits per heavy atom. The van der Waals surface area contributed by atoms with Crippen molar-refractivity contribution in [2.75, 3.05) is 20.3 Å². The third-order valence-electron chi connectivity index (χ3n) is 2.77. The molecule has 2 heterocycles. The minimum atomic E-state index is 0.175. The van der Waals surface area contributed by atoms with Gasteiger partial charge in [-0.15, -0.1) is 11.3 Å². The van der Waals surface area contributed by atoms with Crippen molar-refractivity contribution in [2.24, 2.45) is 0 Å². The molecule has 1 unspecified atom stereocenters. The summed E-state index contributed by atoms with van der Waals surface area (Å²) in [6, 6.07) is 2.26. The minimum absolute atomic E-state index is 0.175. The zero-order chi connectivity index (χ0) is 12.1. The SMILES string of the molecule is CCNC(C1=CCCCO1)c1cc(OC)cs1. The number of likely N-dealkylation sites (N-methyl/N-ethyl adjacent to an activating group) is 1. The molecule has 94 valence electrons. The molecule has 0 aliphatic carbocycles. The molecule has 1 aromatic heterocycles. The lowest BCUT2D eigenvalue weighted by Gasteiger charge is -2.23. The average Bonchev–Trinajstić information content (AvgIpc) is 2.85. The van der Waals surface area contributed by atoms with Crippen molar-refractivity contribution in [3.63, 3.8) is 0 Å². The van der Waals surface area contributed by atoms with Gasteiger partial charge >= 0.3 is 0 Å². The van der Waals surface area contributed by atoms with Crippen LogP contribution in [-0.4, -0.2) is 20.3 Å². The van der Waals surface area contributed by atoms with E-state index in [4.69, 9.17) is 9.47 Å². The van der Waals surface area contributed by atoms with Gasteiger partial charge in [0.05, 0.1) is 19.8 Å².